The smallest absolute Gasteiger partial charge is 0.228 e. The number of hydrogen-bond donors (Lipinski definition) is 0. The minimum absolute atomic E-state index is 0.0227. The first-order valence-electron chi connectivity index (χ1n) is 11.1. The Balaban J connectivity index is 1.27. The zero-order chi connectivity index (χ0) is 22.9. The van der Waals surface area contributed by atoms with Gasteiger partial charge >= 0.3 is 0 Å². The maximum Gasteiger partial charge on any atom is 0.228 e. The SMILES string of the molecule is N#Cc1c(F)cccc1N1CCN(C(=O)C2CC(=O)N(c3cccc4ccccc34)C2)CC1. The average Bonchev–Trinajstić information content (AvgIpc) is 3.24. The molecule has 0 spiro atoms. The highest BCUT2D eigenvalue weighted by molar-refractivity contribution is 6.07. The van der Waals surface area contributed by atoms with E-state index in [-0.39, 0.29) is 29.7 Å². The summed E-state index contributed by atoms with van der Waals surface area (Å²) >= 11 is 0. The summed E-state index contributed by atoms with van der Waals surface area (Å²) in [6.45, 7) is 2.34. The summed E-state index contributed by atoms with van der Waals surface area (Å²) in [5.41, 5.74) is 1.43. The summed E-state index contributed by atoms with van der Waals surface area (Å²) < 4.78 is 14.0. The van der Waals surface area contributed by atoms with Crippen LogP contribution in [-0.4, -0.2) is 49.4 Å². The normalized spacial score (nSPS) is 18.6. The van der Waals surface area contributed by atoms with E-state index in [1.54, 1.807) is 21.9 Å². The Morgan fingerprint density at radius 3 is 2.42 bits per heavy atom. The van der Waals surface area contributed by atoms with Gasteiger partial charge in [0.15, 0.2) is 0 Å². The van der Waals surface area contributed by atoms with E-state index in [9.17, 15) is 19.2 Å². The minimum atomic E-state index is -0.536. The van der Waals surface area contributed by atoms with Crippen LogP contribution in [0.2, 0.25) is 0 Å². The molecule has 0 saturated carbocycles. The van der Waals surface area contributed by atoms with E-state index < -0.39 is 5.82 Å². The van der Waals surface area contributed by atoms with Crippen molar-refractivity contribution in [1.29, 1.82) is 5.26 Å². The van der Waals surface area contributed by atoms with Gasteiger partial charge in [0.05, 0.1) is 17.3 Å². The van der Waals surface area contributed by atoms with Crippen LogP contribution in [0.1, 0.15) is 12.0 Å². The number of halogens is 1. The van der Waals surface area contributed by atoms with Gasteiger partial charge in [-0.25, -0.2) is 4.39 Å². The van der Waals surface area contributed by atoms with Crippen LogP contribution in [0, 0.1) is 23.1 Å². The molecule has 2 amide bonds. The molecule has 6 nitrogen and oxygen atoms in total. The average molecular weight is 442 g/mol. The van der Waals surface area contributed by atoms with E-state index in [2.05, 4.69) is 0 Å². The van der Waals surface area contributed by atoms with Gasteiger partial charge in [-0.15, -0.1) is 0 Å². The van der Waals surface area contributed by atoms with Gasteiger partial charge in [0, 0.05) is 44.5 Å². The van der Waals surface area contributed by atoms with Crippen LogP contribution in [0.5, 0.6) is 0 Å². The standard InChI is InChI=1S/C26H23FN4O2/c27-22-8-4-9-23(21(22)16-28)29-11-13-30(14-12-29)26(33)19-15-25(32)31(17-19)24-10-3-6-18-5-1-2-7-20(18)24/h1-10,19H,11-15,17H2. The van der Waals surface area contributed by atoms with Crippen molar-refractivity contribution in [2.45, 2.75) is 6.42 Å². The number of amides is 2. The van der Waals surface area contributed by atoms with Crippen molar-refractivity contribution in [3.8, 4) is 6.07 Å². The summed E-state index contributed by atoms with van der Waals surface area (Å²) in [6.07, 6.45) is 0.199. The summed E-state index contributed by atoms with van der Waals surface area (Å²) in [7, 11) is 0. The zero-order valence-electron chi connectivity index (χ0n) is 18.1. The predicted molar refractivity (Wildman–Crippen MR) is 124 cm³/mol. The number of carbonyl (C=O) groups excluding carboxylic acids is 2. The molecule has 3 aromatic carbocycles. The van der Waals surface area contributed by atoms with Crippen molar-refractivity contribution in [2.75, 3.05) is 42.5 Å². The van der Waals surface area contributed by atoms with Crippen molar-refractivity contribution >= 4 is 34.0 Å². The monoisotopic (exact) mass is 442 g/mol. The number of anilines is 2. The maximum atomic E-state index is 14.0. The molecular weight excluding hydrogens is 419 g/mol. The van der Waals surface area contributed by atoms with Crippen molar-refractivity contribution in [3.63, 3.8) is 0 Å². The molecule has 2 heterocycles. The number of rotatable bonds is 3. The molecule has 2 aliphatic rings. The lowest BCUT2D eigenvalue weighted by Crippen LogP contribution is -2.51. The third-order valence-corrected chi connectivity index (χ3v) is 6.57. The molecule has 0 radical (unpaired) electrons. The molecule has 166 valence electrons. The summed E-state index contributed by atoms with van der Waals surface area (Å²) in [6, 6.07) is 20.3. The Labute approximate surface area is 191 Å². The van der Waals surface area contributed by atoms with Crippen LogP contribution in [-0.2, 0) is 9.59 Å². The molecule has 1 atom stereocenters. The van der Waals surface area contributed by atoms with Crippen molar-refractivity contribution in [3.05, 3.63) is 72.0 Å². The highest BCUT2D eigenvalue weighted by Crippen LogP contribution is 2.32. The third kappa shape index (κ3) is 3.78. The van der Waals surface area contributed by atoms with Gasteiger partial charge in [-0.2, -0.15) is 5.26 Å². The van der Waals surface area contributed by atoms with Crippen LogP contribution in [0.3, 0.4) is 0 Å². The van der Waals surface area contributed by atoms with Gasteiger partial charge in [-0.3, -0.25) is 9.59 Å². The quantitative estimate of drug-likeness (QED) is 0.622. The number of benzene rings is 3. The fourth-order valence-electron chi connectivity index (χ4n) is 4.86. The fraction of sp³-hybridized carbons (Fsp3) is 0.269. The topological polar surface area (TPSA) is 67.6 Å². The Hall–Kier alpha value is -3.92. The molecule has 0 bridgehead atoms. The lowest BCUT2D eigenvalue weighted by molar-refractivity contribution is -0.136. The zero-order valence-corrected chi connectivity index (χ0v) is 18.1. The van der Waals surface area contributed by atoms with Gasteiger partial charge in [0.25, 0.3) is 0 Å². The molecule has 5 rings (SSSR count). The molecule has 0 N–H and O–H groups in total. The first-order chi connectivity index (χ1) is 16.1. The Bertz CT molecular complexity index is 1270. The summed E-state index contributed by atoms with van der Waals surface area (Å²) in [4.78, 5) is 31.5. The molecule has 33 heavy (non-hydrogen) atoms. The minimum Gasteiger partial charge on any atom is -0.367 e. The molecule has 0 aromatic heterocycles. The lowest BCUT2D eigenvalue weighted by atomic mass is 10.1. The number of piperazine rings is 1. The molecule has 1 unspecified atom stereocenters. The van der Waals surface area contributed by atoms with Crippen LogP contribution >= 0.6 is 0 Å². The number of carbonyl (C=O) groups is 2. The molecule has 2 fully saturated rings. The predicted octanol–water partition coefficient (Wildman–Crippen LogP) is 3.55. The van der Waals surface area contributed by atoms with Crippen molar-refractivity contribution in [2.24, 2.45) is 5.92 Å². The van der Waals surface area contributed by atoms with E-state index in [1.165, 1.54) is 6.07 Å². The van der Waals surface area contributed by atoms with Gasteiger partial charge < -0.3 is 14.7 Å². The van der Waals surface area contributed by atoms with Crippen molar-refractivity contribution < 1.29 is 14.0 Å². The lowest BCUT2D eigenvalue weighted by Gasteiger charge is -2.37. The molecule has 3 aromatic rings. The van der Waals surface area contributed by atoms with E-state index in [0.29, 0.717) is 38.4 Å². The second kappa shape index (κ2) is 8.55. The van der Waals surface area contributed by atoms with Crippen molar-refractivity contribution in [1.82, 2.24) is 4.90 Å². The van der Waals surface area contributed by atoms with Crippen LogP contribution in [0.4, 0.5) is 15.8 Å². The summed E-state index contributed by atoms with van der Waals surface area (Å²) in [5.74, 6) is -0.981. The molecule has 0 aliphatic carbocycles. The Kier molecular flexibility index (Phi) is 5.43. The third-order valence-electron chi connectivity index (χ3n) is 6.57. The van der Waals surface area contributed by atoms with E-state index >= 15 is 0 Å². The van der Waals surface area contributed by atoms with Crippen LogP contribution in [0.15, 0.2) is 60.7 Å². The van der Waals surface area contributed by atoms with Crippen LogP contribution < -0.4 is 9.80 Å². The second-order valence-corrected chi connectivity index (χ2v) is 8.46. The fourth-order valence-corrected chi connectivity index (χ4v) is 4.86. The number of fused-ring (bicyclic) bond motifs is 1. The Morgan fingerprint density at radius 2 is 1.64 bits per heavy atom. The number of nitrogens with zero attached hydrogens (tertiary/aromatic N) is 4. The van der Waals surface area contributed by atoms with Gasteiger partial charge in [-0.05, 0) is 23.6 Å². The van der Waals surface area contributed by atoms with Gasteiger partial charge in [0.2, 0.25) is 11.8 Å². The highest BCUT2D eigenvalue weighted by Gasteiger charge is 2.38. The number of hydrogen-bond acceptors (Lipinski definition) is 4. The maximum absolute atomic E-state index is 14.0. The molecular formula is C26H23FN4O2. The van der Waals surface area contributed by atoms with Crippen LogP contribution in [0.25, 0.3) is 10.8 Å². The Morgan fingerprint density at radius 1 is 0.939 bits per heavy atom. The van der Waals surface area contributed by atoms with E-state index in [0.717, 1.165) is 16.5 Å². The first kappa shape index (κ1) is 21.0. The highest BCUT2D eigenvalue weighted by atomic mass is 19.1. The summed E-state index contributed by atoms with van der Waals surface area (Å²) in [5, 5.41) is 11.4. The first-order valence-corrected chi connectivity index (χ1v) is 11.1. The molecule has 2 saturated heterocycles. The van der Waals surface area contributed by atoms with Gasteiger partial charge in [0.1, 0.15) is 17.4 Å². The van der Waals surface area contributed by atoms with Gasteiger partial charge in [-0.1, -0.05) is 42.5 Å². The molecule has 7 heteroatoms. The van der Waals surface area contributed by atoms with E-state index in [1.807, 2.05) is 53.4 Å². The van der Waals surface area contributed by atoms with E-state index in [4.69, 9.17) is 0 Å². The second-order valence-electron chi connectivity index (χ2n) is 8.46. The number of nitriles is 1. The molecule has 2 aliphatic heterocycles. The largest absolute Gasteiger partial charge is 0.367 e.